The van der Waals surface area contributed by atoms with Crippen LogP contribution in [0.15, 0.2) is 35.5 Å². The number of carbonyl (C=O) groups is 1. The molecule has 0 aromatic heterocycles. The molecule has 0 aromatic rings. The molecule has 1 heterocycles. The van der Waals surface area contributed by atoms with Crippen LogP contribution in [0.25, 0.3) is 0 Å². The predicted molar refractivity (Wildman–Crippen MR) is 115 cm³/mol. The lowest BCUT2D eigenvalue weighted by atomic mass is 9.50. The Balaban J connectivity index is 1.81. The smallest absolute Gasteiger partial charge is 0.333 e. The topological polar surface area (TPSA) is 66.8 Å². The molecule has 0 spiro atoms. The predicted octanol–water partition coefficient (Wildman–Crippen LogP) is 5.06. The van der Waals surface area contributed by atoms with Crippen LogP contribution in [0.4, 0.5) is 0 Å². The summed E-state index contributed by atoms with van der Waals surface area (Å²) < 4.78 is 4.79. The second-order valence-corrected chi connectivity index (χ2v) is 10.3. The summed E-state index contributed by atoms with van der Waals surface area (Å²) in [6.07, 6.45) is 10.1. The molecule has 1 fully saturated rings. The summed E-state index contributed by atoms with van der Waals surface area (Å²) in [4.78, 5) is 11.5. The maximum absolute atomic E-state index is 11.5. The van der Waals surface area contributed by atoms with Gasteiger partial charge in [0, 0.05) is 11.6 Å². The Bertz CT molecular complexity index is 720. The lowest BCUT2D eigenvalue weighted by molar-refractivity contribution is -0.152. The van der Waals surface area contributed by atoms with E-state index in [0.717, 1.165) is 19.3 Å². The Morgan fingerprint density at radius 2 is 2.14 bits per heavy atom. The summed E-state index contributed by atoms with van der Waals surface area (Å²) in [6.45, 7) is 13.1. The fourth-order valence-electron chi connectivity index (χ4n) is 6.01. The van der Waals surface area contributed by atoms with E-state index in [-0.39, 0.29) is 10.8 Å². The van der Waals surface area contributed by atoms with Crippen molar-refractivity contribution in [1.29, 1.82) is 0 Å². The largest absolute Gasteiger partial charge is 0.429 e. The van der Waals surface area contributed by atoms with Gasteiger partial charge in [0.25, 0.3) is 0 Å². The molecule has 6 atom stereocenters. The Hall–Kier alpha value is -1.39. The number of hydrogen-bond donors (Lipinski definition) is 2. The van der Waals surface area contributed by atoms with Gasteiger partial charge in [0.1, 0.15) is 0 Å². The molecule has 3 rings (SSSR count). The number of cyclic esters (lactones) is 1. The van der Waals surface area contributed by atoms with Gasteiger partial charge in [-0.05, 0) is 74.5 Å². The van der Waals surface area contributed by atoms with E-state index in [1.54, 1.807) is 5.57 Å². The Morgan fingerprint density at radius 1 is 1.41 bits per heavy atom. The lowest BCUT2D eigenvalue weighted by Gasteiger charge is -2.54. The molecular weight excluding hydrogens is 364 g/mol. The first-order valence-electron chi connectivity index (χ1n) is 11.2. The van der Waals surface area contributed by atoms with Gasteiger partial charge in [-0.15, -0.1) is 6.58 Å². The lowest BCUT2D eigenvalue weighted by Crippen LogP contribution is -2.46. The van der Waals surface area contributed by atoms with Crippen LogP contribution in [0.3, 0.4) is 0 Å². The first-order valence-corrected chi connectivity index (χ1v) is 11.2. The van der Waals surface area contributed by atoms with Crippen LogP contribution < -0.4 is 0 Å². The molecule has 2 aliphatic carbocycles. The van der Waals surface area contributed by atoms with Gasteiger partial charge >= 0.3 is 5.97 Å². The third kappa shape index (κ3) is 4.39. The normalized spacial score (nSPS) is 38.0. The quantitative estimate of drug-likeness (QED) is 0.461. The Kier molecular flexibility index (Phi) is 6.45. The molecule has 0 aromatic carbocycles. The molecule has 0 bridgehead atoms. The van der Waals surface area contributed by atoms with Crippen molar-refractivity contribution in [3.63, 3.8) is 0 Å². The fraction of sp³-hybridized carbons (Fsp3) is 0.720. The number of fused-ring (bicyclic) bond motifs is 1. The summed E-state index contributed by atoms with van der Waals surface area (Å²) in [6, 6.07) is 0. The zero-order valence-electron chi connectivity index (χ0n) is 18.5. The van der Waals surface area contributed by atoms with Gasteiger partial charge in [0.05, 0.1) is 6.10 Å². The molecule has 4 nitrogen and oxygen atoms in total. The van der Waals surface area contributed by atoms with Crippen LogP contribution in [-0.4, -0.2) is 28.6 Å². The van der Waals surface area contributed by atoms with Crippen LogP contribution in [0, 0.1) is 22.7 Å². The minimum Gasteiger partial charge on any atom is -0.429 e. The number of aliphatic hydroxyl groups excluding tert-OH is 2. The number of esters is 1. The van der Waals surface area contributed by atoms with Gasteiger partial charge in [0.15, 0.2) is 0 Å². The van der Waals surface area contributed by atoms with E-state index in [4.69, 9.17) is 4.74 Å². The van der Waals surface area contributed by atoms with Crippen molar-refractivity contribution in [1.82, 2.24) is 0 Å². The maximum Gasteiger partial charge on any atom is 0.333 e. The summed E-state index contributed by atoms with van der Waals surface area (Å²) in [5, 5.41) is 20.9. The van der Waals surface area contributed by atoms with E-state index in [1.807, 2.05) is 0 Å². The van der Waals surface area contributed by atoms with E-state index in [9.17, 15) is 15.0 Å². The van der Waals surface area contributed by atoms with Crippen molar-refractivity contribution in [3.05, 3.63) is 35.5 Å². The molecule has 0 unspecified atom stereocenters. The summed E-state index contributed by atoms with van der Waals surface area (Å²) in [7, 11) is 0. The SMILES string of the molecule is C=C(C)CCC[C@]1(C)CCC[C@@H]2C1=CC[C@@H](C)[C@@]2(C)C[C@@H](O)C1=CC(=O)O[C@H]1O. The second kappa shape index (κ2) is 8.39. The molecule has 29 heavy (non-hydrogen) atoms. The number of hydrogen-bond acceptors (Lipinski definition) is 4. The van der Waals surface area contributed by atoms with Gasteiger partial charge < -0.3 is 14.9 Å². The maximum atomic E-state index is 11.5. The average Bonchev–Trinajstić information content (AvgIpc) is 2.97. The molecular formula is C25H38O4. The standard InChI is InChI=1S/C25H38O4/c1-16(2)8-6-12-24(4)13-7-9-20-19(24)11-10-17(3)25(20,5)15-21(26)18-14-22(27)29-23(18)28/h11,14,17,20-21,23,26,28H,1,6-10,12-13,15H2,2-5H3/t17-,20-,21-,23-,24-,25-/m1/s1. The number of ether oxygens (including phenoxy) is 1. The zero-order chi connectivity index (χ0) is 21.4. The third-order valence-corrected chi connectivity index (χ3v) is 8.05. The number of aliphatic hydroxyl groups is 2. The van der Waals surface area contributed by atoms with E-state index < -0.39 is 18.4 Å². The van der Waals surface area contributed by atoms with Gasteiger partial charge in [-0.2, -0.15) is 0 Å². The monoisotopic (exact) mass is 402 g/mol. The van der Waals surface area contributed by atoms with Crippen LogP contribution in [0.2, 0.25) is 0 Å². The minimum absolute atomic E-state index is 0.0776. The fourth-order valence-corrected chi connectivity index (χ4v) is 6.01. The third-order valence-electron chi connectivity index (χ3n) is 8.05. The highest BCUT2D eigenvalue weighted by molar-refractivity contribution is 5.85. The number of allylic oxidation sites excluding steroid dienone is 3. The summed E-state index contributed by atoms with van der Waals surface area (Å²) >= 11 is 0. The van der Waals surface area contributed by atoms with Crippen LogP contribution >= 0.6 is 0 Å². The van der Waals surface area contributed by atoms with Crippen LogP contribution in [0.1, 0.15) is 79.1 Å². The van der Waals surface area contributed by atoms with Crippen LogP contribution in [0.5, 0.6) is 0 Å². The van der Waals surface area contributed by atoms with Crippen LogP contribution in [-0.2, 0) is 9.53 Å². The van der Waals surface area contributed by atoms with Crippen molar-refractivity contribution >= 4 is 5.97 Å². The average molecular weight is 403 g/mol. The second-order valence-electron chi connectivity index (χ2n) is 10.3. The van der Waals surface area contributed by atoms with Gasteiger partial charge in [-0.1, -0.05) is 44.4 Å². The van der Waals surface area contributed by atoms with Crippen molar-refractivity contribution in [2.45, 2.75) is 91.5 Å². The molecule has 0 amide bonds. The number of rotatable bonds is 7. The highest BCUT2D eigenvalue weighted by Gasteiger charge is 2.50. The van der Waals surface area contributed by atoms with E-state index >= 15 is 0 Å². The van der Waals surface area contributed by atoms with E-state index in [2.05, 4.69) is 40.3 Å². The molecule has 2 N–H and O–H groups in total. The van der Waals surface area contributed by atoms with Crippen molar-refractivity contribution < 1.29 is 19.7 Å². The van der Waals surface area contributed by atoms with Gasteiger partial charge in [0.2, 0.25) is 6.29 Å². The Labute approximate surface area is 175 Å². The molecule has 1 saturated carbocycles. The molecule has 0 radical (unpaired) electrons. The van der Waals surface area contributed by atoms with E-state index in [1.165, 1.54) is 37.3 Å². The Morgan fingerprint density at radius 3 is 2.76 bits per heavy atom. The molecule has 1 aliphatic heterocycles. The van der Waals surface area contributed by atoms with E-state index in [0.29, 0.717) is 23.8 Å². The zero-order valence-corrected chi connectivity index (χ0v) is 18.5. The summed E-state index contributed by atoms with van der Waals surface area (Å²) in [5.41, 5.74) is 3.27. The summed E-state index contributed by atoms with van der Waals surface area (Å²) in [5.74, 6) is 0.288. The molecule has 162 valence electrons. The van der Waals surface area contributed by atoms with Crippen molar-refractivity contribution in [2.24, 2.45) is 22.7 Å². The first kappa shape index (κ1) is 22.3. The number of carbonyl (C=O) groups excluding carboxylic acids is 1. The van der Waals surface area contributed by atoms with Crippen molar-refractivity contribution in [3.8, 4) is 0 Å². The highest BCUT2D eigenvalue weighted by Crippen LogP contribution is 2.59. The highest BCUT2D eigenvalue weighted by atomic mass is 16.6. The molecule has 4 heteroatoms. The first-order chi connectivity index (χ1) is 13.6. The van der Waals surface area contributed by atoms with Crippen molar-refractivity contribution in [2.75, 3.05) is 0 Å². The minimum atomic E-state index is -1.31. The van der Waals surface area contributed by atoms with Gasteiger partial charge in [-0.25, -0.2) is 4.79 Å². The molecule has 0 saturated heterocycles. The van der Waals surface area contributed by atoms with Gasteiger partial charge in [-0.3, -0.25) is 0 Å². The molecule has 3 aliphatic rings.